The van der Waals surface area contributed by atoms with Crippen molar-refractivity contribution in [2.75, 3.05) is 4.90 Å². The van der Waals surface area contributed by atoms with Gasteiger partial charge in [-0.2, -0.15) is 0 Å². The number of nitrogens with zero attached hydrogens (tertiary/aromatic N) is 2. The van der Waals surface area contributed by atoms with E-state index in [9.17, 15) is 19.5 Å². The smallest absolute Gasteiger partial charge is 0.338 e. The Labute approximate surface area is 213 Å². The molecule has 1 aliphatic heterocycles. The first-order chi connectivity index (χ1) is 17.8. The van der Waals surface area contributed by atoms with Gasteiger partial charge in [0.2, 0.25) is 0 Å². The number of ketones is 1. The summed E-state index contributed by atoms with van der Waals surface area (Å²) in [6, 6.07) is 21.8. The lowest BCUT2D eigenvalue weighted by molar-refractivity contribution is -0.132. The number of ether oxygens (including phenoxy) is 1. The molecular formula is C30H24N2O5. The number of aliphatic hydroxyl groups excluding tert-OH is 1. The Morgan fingerprint density at radius 1 is 0.892 bits per heavy atom. The van der Waals surface area contributed by atoms with Crippen molar-refractivity contribution in [2.24, 2.45) is 0 Å². The Kier molecular flexibility index (Phi) is 6.27. The van der Waals surface area contributed by atoms with Crippen LogP contribution in [0, 0.1) is 0 Å². The Balaban J connectivity index is 1.66. The van der Waals surface area contributed by atoms with Crippen molar-refractivity contribution >= 4 is 39.9 Å². The van der Waals surface area contributed by atoms with Gasteiger partial charge in [0.25, 0.3) is 11.7 Å². The predicted molar refractivity (Wildman–Crippen MR) is 140 cm³/mol. The zero-order valence-electron chi connectivity index (χ0n) is 20.3. The third-order valence-electron chi connectivity index (χ3n) is 6.19. The lowest BCUT2D eigenvalue weighted by Gasteiger charge is -2.25. The van der Waals surface area contributed by atoms with Gasteiger partial charge in [-0.3, -0.25) is 19.5 Å². The largest absolute Gasteiger partial charge is 0.507 e. The number of aliphatic hydroxyl groups is 1. The van der Waals surface area contributed by atoms with Gasteiger partial charge in [0.15, 0.2) is 0 Å². The highest BCUT2D eigenvalue weighted by molar-refractivity contribution is 6.51. The second kappa shape index (κ2) is 9.70. The van der Waals surface area contributed by atoms with E-state index in [-0.39, 0.29) is 23.0 Å². The highest BCUT2D eigenvalue weighted by atomic mass is 16.5. The Morgan fingerprint density at radius 3 is 2.35 bits per heavy atom. The van der Waals surface area contributed by atoms with Crippen LogP contribution in [0.1, 0.15) is 41.4 Å². The van der Waals surface area contributed by atoms with Gasteiger partial charge >= 0.3 is 5.97 Å². The molecule has 1 aromatic heterocycles. The van der Waals surface area contributed by atoms with E-state index >= 15 is 0 Å². The highest BCUT2D eigenvalue weighted by Crippen LogP contribution is 2.42. The molecule has 5 rings (SSSR count). The van der Waals surface area contributed by atoms with Crippen molar-refractivity contribution in [3.63, 3.8) is 0 Å². The summed E-state index contributed by atoms with van der Waals surface area (Å²) in [4.78, 5) is 44.7. The monoisotopic (exact) mass is 492 g/mol. The topological polar surface area (TPSA) is 96.8 Å². The fourth-order valence-corrected chi connectivity index (χ4v) is 4.52. The molecule has 7 heteroatoms. The van der Waals surface area contributed by atoms with Crippen LogP contribution in [-0.2, 0) is 14.3 Å². The molecule has 1 saturated heterocycles. The third kappa shape index (κ3) is 4.47. The zero-order valence-corrected chi connectivity index (χ0v) is 20.3. The number of fused-ring (bicyclic) bond motifs is 1. The van der Waals surface area contributed by atoms with Crippen molar-refractivity contribution in [3.8, 4) is 0 Å². The van der Waals surface area contributed by atoms with Crippen LogP contribution in [0.4, 0.5) is 5.69 Å². The number of benzene rings is 3. The standard InChI is InChI=1S/C30H24N2O5/c1-18(2)37-30(36)23-8-5-9-24(17-23)32-26(20-12-14-31-15-13-20)25(28(34)29(32)35)27(33)22-11-10-19-6-3-4-7-21(19)16-22/h3-18,26,33H,1-2H3/b27-25-. The average Bonchev–Trinajstić information content (AvgIpc) is 3.18. The fourth-order valence-electron chi connectivity index (χ4n) is 4.52. The molecule has 0 spiro atoms. The SMILES string of the molecule is CC(C)OC(=O)c1cccc(N2C(=O)C(=O)/C(=C(\O)c3ccc4ccccc4c3)C2c2ccncc2)c1. The maximum atomic E-state index is 13.4. The quantitative estimate of drug-likeness (QED) is 0.173. The second-order valence-corrected chi connectivity index (χ2v) is 9.02. The van der Waals surface area contributed by atoms with E-state index < -0.39 is 23.7 Å². The lowest BCUT2D eigenvalue weighted by atomic mass is 9.95. The van der Waals surface area contributed by atoms with Crippen molar-refractivity contribution in [2.45, 2.75) is 26.0 Å². The molecule has 1 atom stereocenters. The zero-order chi connectivity index (χ0) is 26.1. The lowest BCUT2D eigenvalue weighted by Crippen LogP contribution is -2.29. The van der Waals surface area contributed by atoms with Gasteiger partial charge in [0, 0.05) is 23.6 Å². The molecule has 1 fully saturated rings. The summed E-state index contributed by atoms with van der Waals surface area (Å²) in [7, 11) is 0. The number of amides is 1. The van der Waals surface area contributed by atoms with Gasteiger partial charge in [-0.15, -0.1) is 0 Å². The number of carbonyl (C=O) groups excluding carboxylic acids is 3. The molecule has 0 bridgehead atoms. The summed E-state index contributed by atoms with van der Waals surface area (Å²) in [5, 5.41) is 13.3. The van der Waals surface area contributed by atoms with Crippen LogP contribution in [-0.4, -0.2) is 33.9 Å². The van der Waals surface area contributed by atoms with Crippen molar-refractivity contribution in [3.05, 3.63) is 114 Å². The van der Waals surface area contributed by atoms with Gasteiger partial charge < -0.3 is 9.84 Å². The number of rotatable bonds is 5. The molecule has 1 N–H and O–H groups in total. The molecule has 0 radical (unpaired) electrons. The number of aromatic nitrogens is 1. The Morgan fingerprint density at radius 2 is 1.62 bits per heavy atom. The number of esters is 1. The maximum absolute atomic E-state index is 13.4. The van der Waals surface area contributed by atoms with Gasteiger partial charge in [-0.05, 0) is 66.6 Å². The van der Waals surface area contributed by atoms with E-state index in [0.29, 0.717) is 16.8 Å². The van der Waals surface area contributed by atoms with Gasteiger partial charge in [0.1, 0.15) is 5.76 Å². The fraction of sp³-hybridized carbons (Fsp3) is 0.133. The first-order valence-electron chi connectivity index (χ1n) is 11.9. The first kappa shape index (κ1) is 23.9. The van der Waals surface area contributed by atoms with Crippen LogP contribution >= 0.6 is 0 Å². The molecule has 1 amide bonds. The van der Waals surface area contributed by atoms with E-state index in [4.69, 9.17) is 4.74 Å². The minimum Gasteiger partial charge on any atom is -0.507 e. The number of hydrogen-bond donors (Lipinski definition) is 1. The summed E-state index contributed by atoms with van der Waals surface area (Å²) < 4.78 is 5.30. The molecule has 1 aliphatic rings. The molecule has 4 aromatic rings. The third-order valence-corrected chi connectivity index (χ3v) is 6.19. The summed E-state index contributed by atoms with van der Waals surface area (Å²) in [5.74, 6) is -2.44. The maximum Gasteiger partial charge on any atom is 0.338 e. The van der Waals surface area contributed by atoms with Crippen molar-refractivity contribution < 1.29 is 24.2 Å². The molecule has 1 unspecified atom stereocenters. The number of hydrogen-bond acceptors (Lipinski definition) is 6. The van der Waals surface area contributed by atoms with E-state index in [1.165, 1.54) is 11.0 Å². The molecule has 3 aromatic carbocycles. The summed E-state index contributed by atoms with van der Waals surface area (Å²) >= 11 is 0. The highest BCUT2D eigenvalue weighted by Gasteiger charge is 2.47. The number of carbonyl (C=O) groups is 3. The van der Waals surface area contributed by atoms with E-state index in [0.717, 1.165) is 10.8 Å². The van der Waals surface area contributed by atoms with Crippen LogP contribution in [0.25, 0.3) is 16.5 Å². The van der Waals surface area contributed by atoms with E-state index in [1.54, 1.807) is 68.7 Å². The van der Waals surface area contributed by atoms with Crippen molar-refractivity contribution in [1.82, 2.24) is 4.98 Å². The molecule has 37 heavy (non-hydrogen) atoms. The normalized spacial score (nSPS) is 16.9. The summed E-state index contributed by atoms with van der Waals surface area (Å²) in [6.45, 7) is 3.49. The van der Waals surface area contributed by atoms with Crippen molar-refractivity contribution in [1.29, 1.82) is 0 Å². The van der Waals surface area contributed by atoms with Crippen LogP contribution in [0.15, 0.2) is 96.8 Å². The molecule has 184 valence electrons. The molecule has 7 nitrogen and oxygen atoms in total. The van der Waals surface area contributed by atoms with Gasteiger partial charge in [0.05, 0.1) is 23.3 Å². The predicted octanol–water partition coefficient (Wildman–Crippen LogP) is 5.43. The Bertz CT molecular complexity index is 1560. The van der Waals surface area contributed by atoms with E-state index in [2.05, 4.69) is 4.98 Å². The second-order valence-electron chi connectivity index (χ2n) is 9.02. The van der Waals surface area contributed by atoms with Crippen LogP contribution in [0.5, 0.6) is 0 Å². The summed E-state index contributed by atoms with van der Waals surface area (Å²) in [5.41, 5.74) is 1.55. The number of anilines is 1. The minimum atomic E-state index is -0.925. The number of pyridine rings is 1. The summed E-state index contributed by atoms with van der Waals surface area (Å²) in [6.07, 6.45) is 2.80. The molecule has 0 aliphatic carbocycles. The van der Waals surface area contributed by atoms with Gasteiger partial charge in [-0.1, -0.05) is 42.5 Å². The first-order valence-corrected chi connectivity index (χ1v) is 11.9. The average molecular weight is 493 g/mol. The van der Waals surface area contributed by atoms with Crippen LogP contribution in [0.2, 0.25) is 0 Å². The molecule has 2 heterocycles. The van der Waals surface area contributed by atoms with Gasteiger partial charge in [-0.25, -0.2) is 4.79 Å². The Hall–Kier alpha value is -4.78. The van der Waals surface area contributed by atoms with Crippen LogP contribution < -0.4 is 4.90 Å². The minimum absolute atomic E-state index is 0.0401. The van der Waals surface area contributed by atoms with E-state index in [1.807, 2.05) is 30.3 Å². The van der Waals surface area contributed by atoms with Crippen LogP contribution in [0.3, 0.4) is 0 Å². The molecule has 0 saturated carbocycles. The number of Topliss-reactive ketones (excluding diaryl/α,β-unsaturated/α-hetero) is 1. The molecular weight excluding hydrogens is 468 g/mol.